The van der Waals surface area contributed by atoms with Crippen LogP contribution in [0.15, 0.2) is 0 Å². The van der Waals surface area contributed by atoms with Crippen LogP contribution >= 0.6 is 0 Å². The molecule has 0 saturated carbocycles. The average Bonchev–Trinajstić information content (AvgIpc) is 2.25. The van der Waals surface area contributed by atoms with E-state index in [0.29, 0.717) is 11.5 Å². The van der Waals surface area contributed by atoms with Gasteiger partial charge < -0.3 is 5.73 Å². The molecule has 1 aliphatic heterocycles. The van der Waals surface area contributed by atoms with Crippen molar-refractivity contribution in [1.29, 1.82) is 0 Å². The van der Waals surface area contributed by atoms with Crippen LogP contribution in [0.1, 0.15) is 48.0 Å². The third-order valence-corrected chi connectivity index (χ3v) is 3.49. The van der Waals surface area contributed by atoms with Crippen molar-refractivity contribution in [1.82, 2.24) is 4.90 Å². The number of rotatable bonds is 2. The highest BCUT2D eigenvalue weighted by Gasteiger charge is 2.39. The van der Waals surface area contributed by atoms with Crippen molar-refractivity contribution in [3.05, 3.63) is 0 Å². The molecule has 90 valence electrons. The molecule has 2 N–H and O–H groups in total. The van der Waals surface area contributed by atoms with Crippen molar-refractivity contribution in [3.63, 3.8) is 0 Å². The third kappa shape index (κ3) is 3.18. The summed E-state index contributed by atoms with van der Waals surface area (Å²) in [6.45, 7) is 16.1. The van der Waals surface area contributed by atoms with Crippen molar-refractivity contribution in [2.45, 2.75) is 60.0 Å². The van der Waals surface area contributed by atoms with Gasteiger partial charge in [0.1, 0.15) is 0 Å². The summed E-state index contributed by atoms with van der Waals surface area (Å²) in [7, 11) is 0. The summed E-state index contributed by atoms with van der Waals surface area (Å²) in [6, 6.07) is 0.748. The van der Waals surface area contributed by atoms with Crippen molar-refractivity contribution < 1.29 is 0 Å². The summed E-state index contributed by atoms with van der Waals surface area (Å²) in [5.41, 5.74) is 6.89. The van der Waals surface area contributed by atoms with Crippen molar-refractivity contribution in [2.75, 3.05) is 13.1 Å². The minimum atomic E-state index is 0.249. The average molecular weight is 212 g/mol. The van der Waals surface area contributed by atoms with Crippen LogP contribution in [-0.4, -0.2) is 30.1 Å². The van der Waals surface area contributed by atoms with Crippen molar-refractivity contribution in [2.24, 2.45) is 16.6 Å². The molecule has 0 aromatic carbocycles. The summed E-state index contributed by atoms with van der Waals surface area (Å²) in [6.07, 6.45) is 1.30. The third-order valence-electron chi connectivity index (χ3n) is 3.49. The van der Waals surface area contributed by atoms with Crippen LogP contribution in [0.2, 0.25) is 0 Å². The van der Waals surface area contributed by atoms with Crippen LogP contribution in [-0.2, 0) is 0 Å². The topological polar surface area (TPSA) is 29.3 Å². The lowest BCUT2D eigenvalue weighted by Gasteiger charge is -2.41. The number of hydrogen-bond donors (Lipinski definition) is 1. The van der Waals surface area contributed by atoms with Crippen LogP contribution in [0, 0.1) is 10.8 Å². The second kappa shape index (κ2) is 4.06. The Kier molecular flexibility index (Phi) is 3.52. The predicted molar refractivity (Wildman–Crippen MR) is 66.9 cm³/mol. The van der Waals surface area contributed by atoms with Crippen LogP contribution in [0.3, 0.4) is 0 Å². The molecule has 0 spiro atoms. The molecule has 1 saturated heterocycles. The van der Waals surface area contributed by atoms with Gasteiger partial charge in [-0.05, 0) is 30.7 Å². The van der Waals surface area contributed by atoms with Crippen LogP contribution < -0.4 is 5.73 Å². The zero-order valence-electron chi connectivity index (χ0n) is 11.3. The van der Waals surface area contributed by atoms with Gasteiger partial charge in [0.2, 0.25) is 0 Å². The van der Waals surface area contributed by atoms with E-state index >= 15 is 0 Å². The molecule has 0 aromatic rings. The Morgan fingerprint density at radius 3 is 2.07 bits per heavy atom. The second-order valence-corrected chi connectivity index (χ2v) is 7.05. The van der Waals surface area contributed by atoms with E-state index in [1.165, 1.54) is 19.5 Å². The van der Waals surface area contributed by atoms with Gasteiger partial charge in [-0.2, -0.15) is 0 Å². The first-order chi connectivity index (χ1) is 6.63. The highest BCUT2D eigenvalue weighted by Crippen LogP contribution is 2.35. The van der Waals surface area contributed by atoms with Crippen LogP contribution in [0.4, 0.5) is 0 Å². The van der Waals surface area contributed by atoms with Crippen LogP contribution in [0.5, 0.6) is 0 Å². The largest absolute Gasteiger partial charge is 0.327 e. The quantitative estimate of drug-likeness (QED) is 0.762. The lowest BCUT2D eigenvalue weighted by Crippen LogP contribution is -2.53. The molecule has 1 rings (SSSR count). The highest BCUT2D eigenvalue weighted by molar-refractivity contribution is 4.94. The lowest BCUT2D eigenvalue weighted by atomic mass is 9.82. The number of nitrogens with two attached hydrogens (primary N) is 1. The Balaban J connectivity index is 2.76. The monoisotopic (exact) mass is 212 g/mol. The van der Waals surface area contributed by atoms with E-state index in [2.05, 4.69) is 46.4 Å². The van der Waals surface area contributed by atoms with E-state index < -0.39 is 0 Å². The van der Waals surface area contributed by atoms with Gasteiger partial charge in [-0.25, -0.2) is 0 Å². The van der Waals surface area contributed by atoms with Gasteiger partial charge >= 0.3 is 0 Å². The first-order valence-corrected chi connectivity index (χ1v) is 6.13. The molecule has 2 nitrogen and oxygen atoms in total. The number of likely N-dealkylation sites (tertiary alicyclic amines) is 1. The molecule has 2 atom stereocenters. The standard InChI is InChI=1S/C13H28N2/c1-10(14)11(12(2,3)4)15-8-7-13(5,6)9-15/h10-11H,7-9,14H2,1-6H3. The maximum Gasteiger partial charge on any atom is 0.0293 e. The molecule has 0 radical (unpaired) electrons. The van der Waals surface area contributed by atoms with Gasteiger partial charge in [-0.3, -0.25) is 4.90 Å². The minimum Gasteiger partial charge on any atom is -0.327 e. The first kappa shape index (κ1) is 13.0. The molecule has 0 aromatic heterocycles. The summed E-state index contributed by atoms with van der Waals surface area (Å²) in [5.74, 6) is 0. The normalized spacial score (nSPS) is 26.6. The van der Waals surface area contributed by atoms with Crippen molar-refractivity contribution in [3.8, 4) is 0 Å². The van der Waals surface area contributed by atoms with E-state index in [0.717, 1.165) is 0 Å². The first-order valence-electron chi connectivity index (χ1n) is 6.13. The molecule has 0 bridgehead atoms. The predicted octanol–water partition coefficient (Wildman–Crippen LogP) is 2.48. The van der Waals surface area contributed by atoms with E-state index in [9.17, 15) is 0 Å². The van der Waals surface area contributed by atoms with Gasteiger partial charge in [0.15, 0.2) is 0 Å². The lowest BCUT2D eigenvalue weighted by molar-refractivity contribution is 0.0955. The number of nitrogens with zero attached hydrogens (tertiary/aromatic N) is 1. The number of hydrogen-bond acceptors (Lipinski definition) is 2. The van der Waals surface area contributed by atoms with Gasteiger partial charge in [-0.1, -0.05) is 34.6 Å². The van der Waals surface area contributed by atoms with Gasteiger partial charge in [0.05, 0.1) is 0 Å². The van der Waals surface area contributed by atoms with Gasteiger partial charge in [0, 0.05) is 18.6 Å². The molecule has 1 aliphatic rings. The Morgan fingerprint density at radius 1 is 1.27 bits per heavy atom. The van der Waals surface area contributed by atoms with Crippen molar-refractivity contribution >= 4 is 0 Å². The molecular formula is C13H28N2. The summed E-state index contributed by atoms with van der Waals surface area (Å²) < 4.78 is 0. The fourth-order valence-electron chi connectivity index (χ4n) is 3.06. The Hall–Kier alpha value is -0.0800. The molecule has 0 amide bonds. The fourth-order valence-corrected chi connectivity index (χ4v) is 3.06. The Labute approximate surface area is 95.2 Å². The van der Waals surface area contributed by atoms with E-state index in [1.54, 1.807) is 0 Å². The Morgan fingerprint density at radius 2 is 1.80 bits per heavy atom. The summed E-state index contributed by atoms with van der Waals surface area (Å²) >= 11 is 0. The fraction of sp³-hybridized carbons (Fsp3) is 1.00. The molecular weight excluding hydrogens is 184 g/mol. The molecule has 0 aliphatic carbocycles. The zero-order chi connectivity index (χ0) is 11.9. The van der Waals surface area contributed by atoms with Gasteiger partial charge in [0.25, 0.3) is 0 Å². The molecule has 2 heteroatoms. The summed E-state index contributed by atoms with van der Waals surface area (Å²) in [5, 5.41) is 0. The maximum absolute atomic E-state index is 6.15. The second-order valence-electron chi connectivity index (χ2n) is 7.05. The van der Waals surface area contributed by atoms with Gasteiger partial charge in [-0.15, -0.1) is 0 Å². The van der Waals surface area contributed by atoms with E-state index in [1.807, 2.05) is 0 Å². The zero-order valence-corrected chi connectivity index (χ0v) is 11.3. The molecule has 1 heterocycles. The molecule has 1 fully saturated rings. The summed E-state index contributed by atoms with van der Waals surface area (Å²) in [4.78, 5) is 2.59. The molecule has 15 heavy (non-hydrogen) atoms. The van der Waals surface area contributed by atoms with E-state index in [-0.39, 0.29) is 11.5 Å². The SMILES string of the molecule is CC(N)C(N1CCC(C)(C)C1)C(C)(C)C. The minimum absolute atomic E-state index is 0.249. The highest BCUT2D eigenvalue weighted by atomic mass is 15.2. The molecule has 2 unspecified atom stereocenters. The maximum atomic E-state index is 6.15. The van der Waals surface area contributed by atoms with E-state index in [4.69, 9.17) is 5.73 Å². The Bertz CT molecular complexity index is 213. The van der Waals surface area contributed by atoms with Crippen LogP contribution in [0.25, 0.3) is 0 Å². The smallest absolute Gasteiger partial charge is 0.0293 e.